The van der Waals surface area contributed by atoms with Crippen molar-refractivity contribution >= 4 is 22.7 Å². The molecule has 1 heterocycles. The van der Waals surface area contributed by atoms with E-state index < -0.39 is 29.4 Å². The summed E-state index contributed by atoms with van der Waals surface area (Å²) in [4.78, 5) is 26.5. The minimum Gasteiger partial charge on any atom is -0.488 e. The lowest BCUT2D eigenvalue weighted by Crippen LogP contribution is -2.42. The lowest BCUT2D eigenvalue weighted by atomic mass is 9.90. The van der Waals surface area contributed by atoms with Crippen LogP contribution in [-0.4, -0.2) is 41.2 Å². The number of aliphatic hydroxyl groups excluding tert-OH is 1. The molecule has 3 aromatic carbocycles. The number of nitrogens with zero attached hydrogens (tertiary/aromatic N) is 1. The summed E-state index contributed by atoms with van der Waals surface area (Å²) in [5, 5.41) is 15.0. The lowest BCUT2D eigenvalue weighted by molar-refractivity contribution is -0.132. The molecule has 154 valence electrons. The van der Waals surface area contributed by atoms with Gasteiger partial charge in [0.1, 0.15) is 18.2 Å². The van der Waals surface area contributed by atoms with Gasteiger partial charge in [-0.2, -0.15) is 0 Å². The molecule has 4 rings (SSSR count). The second-order valence-corrected chi connectivity index (χ2v) is 7.43. The van der Waals surface area contributed by atoms with Gasteiger partial charge in [0, 0.05) is 0 Å². The van der Waals surface area contributed by atoms with Crippen LogP contribution in [0.3, 0.4) is 0 Å². The Hall–Kier alpha value is -3.45. The van der Waals surface area contributed by atoms with Crippen molar-refractivity contribution in [3.63, 3.8) is 0 Å². The summed E-state index contributed by atoms with van der Waals surface area (Å²) in [6.45, 7) is 1.12. The Balaban J connectivity index is 1.48. The minimum absolute atomic E-state index is 0.00486. The number of amides is 3. The molecule has 0 aromatic heterocycles. The molecule has 0 saturated carbocycles. The van der Waals surface area contributed by atoms with Crippen LogP contribution in [0, 0.1) is 5.82 Å². The molecule has 1 aliphatic heterocycles. The fraction of sp³-hybridized carbons (Fsp3) is 0.217. The smallest absolute Gasteiger partial charge is 0.325 e. The third-order valence-corrected chi connectivity index (χ3v) is 5.26. The van der Waals surface area contributed by atoms with Crippen molar-refractivity contribution in [1.29, 1.82) is 0 Å². The number of hydrogen-bond acceptors (Lipinski definition) is 4. The summed E-state index contributed by atoms with van der Waals surface area (Å²) in [5.41, 5.74) is -0.591. The quantitative estimate of drug-likeness (QED) is 0.614. The predicted octanol–water partition coefficient (Wildman–Crippen LogP) is 3.19. The van der Waals surface area contributed by atoms with Gasteiger partial charge in [-0.3, -0.25) is 9.69 Å². The van der Waals surface area contributed by atoms with Crippen LogP contribution >= 0.6 is 0 Å². The average molecular weight is 408 g/mol. The average Bonchev–Trinajstić information content (AvgIpc) is 2.96. The van der Waals surface area contributed by atoms with Gasteiger partial charge >= 0.3 is 6.03 Å². The van der Waals surface area contributed by atoms with Gasteiger partial charge in [0.25, 0.3) is 5.91 Å². The Morgan fingerprint density at radius 3 is 2.53 bits per heavy atom. The van der Waals surface area contributed by atoms with Gasteiger partial charge in [-0.05, 0) is 41.5 Å². The van der Waals surface area contributed by atoms with E-state index in [1.165, 1.54) is 18.2 Å². The van der Waals surface area contributed by atoms with Gasteiger partial charge in [0.05, 0.1) is 6.54 Å². The van der Waals surface area contributed by atoms with Crippen molar-refractivity contribution in [2.45, 2.75) is 18.6 Å². The number of nitrogens with one attached hydrogen (secondary N) is 1. The van der Waals surface area contributed by atoms with Crippen molar-refractivity contribution in [1.82, 2.24) is 10.2 Å². The van der Waals surface area contributed by atoms with E-state index in [9.17, 15) is 19.1 Å². The number of carbonyl (C=O) groups is 2. The number of hydrogen-bond donors (Lipinski definition) is 2. The number of rotatable bonds is 6. The molecule has 2 atom stereocenters. The first-order valence-electron chi connectivity index (χ1n) is 9.57. The number of β-amino-alcohol motifs (C(OH)–C–C–N with tert-alkyl or cyclic N) is 1. The van der Waals surface area contributed by atoms with Crippen LogP contribution < -0.4 is 10.1 Å². The minimum atomic E-state index is -1.24. The van der Waals surface area contributed by atoms with Gasteiger partial charge < -0.3 is 15.2 Å². The van der Waals surface area contributed by atoms with Crippen LogP contribution in [-0.2, 0) is 10.3 Å². The summed E-state index contributed by atoms with van der Waals surface area (Å²) in [5.74, 6) is -1.02. The number of carbonyl (C=O) groups excluding carboxylic acids is 2. The highest BCUT2D eigenvalue weighted by atomic mass is 19.1. The van der Waals surface area contributed by atoms with Crippen molar-refractivity contribution in [2.75, 3.05) is 13.2 Å². The van der Waals surface area contributed by atoms with Crippen molar-refractivity contribution in [3.8, 4) is 5.75 Å². The molecule has 2 N–H and O–H groups in total. The maximum absolute atomic E-state index is 13.6. The van der Waals surface area contributed by atoms with Crippen LogP contribution in [0.2, 0.25) is 0 Å². The Bertz CT molecular complexity index is 1120. The predicted molar refractivity (Wildman–Crippen MR) is 109 cm³/mol. The zero-order valence-corrected chi connectivity index (χ0v) is 16.3. The molecule has 0 radical (unpaired) electrons. The summed E-state index contributed by atoms with van der Waals surface area (Å²) in [7, 11) is 0. The fourth-order valence-electron chi connectivity index (χ4n) is 3.57. The second-order valence-electron chi connectivity index (χ2n) is 7.43. The summed E-state index contributed by atoms with van der Waals surface area (Å²) in [6, 6.07) is 18.5. The molecule has 0 aliphatic carbocycles. The van der Waals surface area contributed by atoms with Crippen LogP contribution in [0.15, 0.2) is 66.7 Å². The Labute approximate surface area is 172 Å². The number of imide groups is 1. The normalized spacial score (nSPS) is 19.8. The Morgan fingerprint density at radius 2 is 1.77 bits per heavy atom. The van der Waals surface area contributed by atoms with Gasteiger partial charge in [-0.15, -0.1) is 0 Å². The Kier molecular flexibility index (Phi) is 5.13. The molecule has 1 aliphatic rings. The molecule has 3 amide bonds. The van der Waals surface area contributed by atoms with Crippen molar-refractivity contribution in [3.05, 3.63) is 78.1 Å². The molecular formula is C23H21FN2O4. The summed E-state index contributed by atoms with van der Waals surface area (Å²) < 4.78 is 18.9. The molecule has 0 bridgehead atoms. The highest BCUT2D eigenvalue weighted by molar-refractivity contribution is 6.07. The number of urea groups is 1. The molecule has 6 nitrogen and oxygen atoms in total. The summed E-state index contributed by atoms with van der Waals surface area (Å²) >= 11 is 0. The van der Waals surface area contributed by atoms with Crippen LogP contribution in [0.1, 0.15) is 12.5 Å². The summed E-state index contributed by atoms with van der Waals surface area (Å²) in [6.07, 6.45) is -1.17. The van der Waals surface area contributed by atoms with Crippen molar-refractivity contribution in [2.24, 2.45) is 0 Å². The molecular weight excluding hydrogens is 387 g/mol. The Morgan fingerprint density at radius 1 is 1.07 bits per heavy atom. The van der Waals surface area contributed by atoms with E-state index >= 15 is 0 Å². The number of ether oxygens (including phenoxy) is 1. The van der Waals surface area contributed by atoms with E-state index in [1.54, 1.807) is 13.0 Å². The van der Waals surface area contributed by atoms with Gasteiger partial charge in [0.2, 0.25) is 0 Å². The van der Waals surface area contributed by atoms with Gasteiger partial charge in [0.15, 0.2) is 11.6 Å². The second kappa shape index (κ2) is 7.76. The number of benzene rings is 3. The highest BCUT2D eigenvalue weighted by Crippen LogP contribution is 2.31. The van der Waals surface area contributed by atoms with Crippen LogP contribution in [0.4, 0.5) is 9.18 Å². The number of para-hydroxylation sites is 1. The maximum Gasteiger partial charge on any atom is 0.325 e. The molecule has 1 saturated heterocycles. The molecule has 2 unspecified atom stereocenters. The van der Waals surface area contributed by atoms with E-state index in [0.717, 1.165) is 15.7 Å². The first-order valence-corrected chi connectivity index (χ1v) is 9.57. The third-order valence-electron chi connectivity index (χ3n) is 5.26. The standard InChI is InChI=1S/C23H21FN2O4/c1-23(17-11-10-15-6-2-3-7-16(15)12-17)21(28)26(22(29)25-23)13-18(27)14-30-20-9-5-4-8-19(20)24/h2-12,18,27H,13-14H2,1H3,(H,25,29). The highest BCUT2D eigenvalue weighted by Gasteiger charge is 2.49. The first-order chi connectivity index (χ1) is 14.4. The molecule has 1 fully saturated rings. The van der Waals surface area contributed by atoms with E-state index in [-0.39, 0.29) is 18.9 Å². The molecule has 0 spiro atoms. The van der Waals surface area contributed by atoms with Crippen molar-refractivity contribution < 1.29 is 23.8 Å². The molecule has 7 heteroatoms. The number of halogens is 1. The van der Waals surface area contributed by atoms with Gasteiger partial charge in [-0.1, -0.05) is 48.5 Å². The van der Waals surface area contributed by atoms with E-state index in [2.05, 4.69) is 5.32 Å². The largest absolute Gasteiger partial charge is 0.488 e. The zero-order chi connectivity index (χ0) is 21.3. The van der Waals surface area contributed by atoms with Crippen LogP contribution in [0.25, 0.3) is 10.8 Å². The lowest BCUT2D eigenvalue weighted by Gasteiger charge is -2.23. The topological polar surface area (TPSA) is 78.9 Å². The van der Waals surface area contributed by atoms with E-state index in [1.807, 2.05) is 42.5 Å². The SMILES string of the molecule is CC1(c2ccc3ccccc3c2)NC(=O)N(CC(O)COc2ccccc2F)C1=O. The maximum atomic E-state index is 13.6. The third kappa shape index (κ3) is 3.59. The monoisotopic (exact) mass is 408 g/mol. The first kappa shape index (κ1) is 19.8. The zero-order valence-electron chi connectivity index (χ0n) is 16.3. The van der Waals surface area contributed by atoms with Gasteiger partial charge in [-0.25, -0.2) is 9.18 Å². The number of fused-ring (bicyclic) bond motifs is 1. The number of aliphatic hydroxyl groups is 1. The van der Waals surface area contributed by atoms with E-state index in [0.29, 0.717) is 5.56 Å². The van der Waals surface area contributed by atoms with E-state index in [4.69, 9.17) is 4.74 Å². The fourth-order valence-corrected chi connectivity index (χ4v) is 3.57. The molecule has 3 aromatic rings. The molecule has 30 heavy (non-hydrogen) atoms. The van der Waals surface area contributed by atoms with Crippen LogP contribution in [0.5, 0.6) is 5.75 Å².